The highest BCUT2D eigenvalue weighted by Crippen LogP contribution is 2.31. The summed E-state index contributed by atoms with van der Waals surface area (Å²) in [4.78, 5) is 10.1. The molecule has 0 bridgehead atoms. The minimum absolute atomic E-state index is 0.169. The van der Waals surface area contributed by atoms with Crippen LogP contribution in [0.1, 0.15) is 26.7 Å². The molecule has 1 aromatic carbocycles. The molecular formula is C12H19N3O4S. The van der Waals surface area contributed by atoms with E-state index in [9.17, 15) is 18.5 Å². The van der Waals surface area contributed by atoms with Gasteiger partial charge >= 0.3 is 5.69 Å². The summed E-state index contributed by atoms with van der Waals surface area (Å²) in [7, 11) is -2.42. The molecule has 0 atom stereocenters. The third-order valence-electron chi connectivity index (χ3n) is 3.05. The molecule has 0 aromatic heterocycles. The molecule has 20 heavy (non-hydrogen) atoms. The maximum absolute atomic E-state index is 12.3. The Bertz CT molecular complexity index is 582. The summed E-state index contributed by atoms with van der Waals surface area (Å²) in [6, 6.07) is 3.94. The molecule has 0 aliphatic carbocycles. The van der Waals surface area contributed by atoms with Crippen molar-refractivity contribution < 1.29 is 13.3 Å². The third kappa shape index (κ3) is 3.45. The molecule has 0 aliphatic rings. The number of para-hydroxylation sites is 1. The molecule has 0 unspecified atom stereocenters. The van der Waals surface area contributed by atoms with Gasteiger partial charge in [-0.15, -0.1) is 0 Å². The van der Waals surface area contributed by atoms with Gasteiger partial charge in [0.2, 0.25) is 10.0 Å². The van der Waals surface area contributed by atoms with Crippen molar-refractivity contribution in [3.05, 3.63) is 28.3 Å². The lowest BCUT2D eigenvalue weighted by molar-refractivity contribution is -0.386. The summed E-state index contributed by atoms with van der Waals surface area (Å²) < 4.78 is 27.1. The van der Waals surface area contributed by atoms with Gasteiger partial charge in [0.05, 0.1) is 4.92 Å². The van der Waals surface area contributed by atoms with Crippen LogP contribution in [-0.4, -0.2) is 26.4 Å². The van der Waals surface area contributed by atoms with Crippen molar-refractivity contribution in [1.82, 2.24) is 4.72 Å². The van der Waals surface area contributed by atoms with Crippen LogP contribution in [0.15, 0.2) is 23.1 Å². The van der Waals surface area contributed by atoms with Crippen molar-refractivity contribution in [1.29, 1.82) is 0 Å². The van der Waals surface area contributed by atoms with E-state index in [0.29, 0.717) is 12.8 Å². The molecule has 0 aliphatic heterocycles. The van der Waals surface area contributed by atoms with E-state index < -0.39 is 20.6 Å². The number of sulfonamides is 1. The minimum atomic E-state index is -3.92. The van der Waals surface area contributed by atoms with Gasteiger partial charge in [0, 0.05) is 13.1 Å². The van der Waals surface area contributed by atoms with Crippen LogP contribution in [0.2, 0.25) is 0 Å². The smallest absolute Gasteiger partial charge is 0.312 e. The quantitative estimate of drug-likeness (QED) is 0.593. The Labute approximate surface area is 118 Å². The zero-order chi connectivity index (χ0) is 15.3. The summed E-state index contributed by atoms with van der Waals surface area (Å²) >= 11 is 0. The van der Waals surface area contributed by atoms with E-state index in [4.69, 9.17) is 0 Å². The fourth-order valence-corrected chi connectivity index (χ4v) is 3.46. The van der Waals surface area contributed by atoms with E-state index >= 15 is 0 Å². The van der Waals surface area contributed by atoms with E-state index in [-0.39, 0.29) is 16.6 Å². The Morgan fingerprint density at radius 2 is 1.90 bits per heavy atom. The molecule has 0 fully saturated rings. The lowest BCUT2D eigenvalue weighted by atomic mass is 10.2. The first-order valence-corrected chi connectivity index (χ1v) is 7.83. The summed E-state index contributed by atoms with van der Waals surface area (Å²) in [6.07, 6.45) is 1.24. The van der Waals surface area contributed by atoms with Gasteiger partial charge in [-0.3, -0.25) is 10.1 Å². The molecule has 1 aromatic rings. The number of hydrogen-bond donors (Lipinski definition) is 2. The fourth-order valence-electron chi connectivity index (χ4n) is 1.87. The Hall–Kier alpha value is -1.67. The number of nitro groups is 1. The van der Waals surface area contributed by atoms with Gasteiger partial charge in [-0.25, -0.2) is 13.1 Å². The summed E-state index contributed by atoms with van der Waals surface area (Å²) in [5.41, 5.74) is -0.268. The SMILES string of the molecule is CCC(CC)NS(=O)(=O)c1cccc(NC)c1[N+](=O)[O-]. The number of benzene rings is 1. The molecule has 0 amide bonds. The van der Waals surface area contributed by atoms with Gasteiger partial charge in [0.1, 0.15) is 5.69 Å². The van der Waals surface area contributed by atoms with Crippen molar-refractivity contribution in [2.24, 2.45) is 0 Å². The van der Waals surface area contributed by atoms with Gasteiger partial charge in [-0.1, -0.05) is 19.9 Å². The van der Waals surface area contributed by atoms with Gasteiger partial charge in [-0.05, 0) is 25.0 Å². The predicted molar refractivity (Wildman–Crippen MR) is 77.3 cm³/mol. The average molecular weight is 301 g/mol. The Kier molecular flexibility index (Phi) is 5.46. The first-order valence-electron chi connectivity index (χ1n) is 6.34. The van der Waals surface area contributed by atoms with Crippen LogP contribution < -0.4 is 10.0 Å². The molecule has 7 nitrogen and oxygen atoms in total. The monoisotopic (exact) mass is 301 g/mol. The second kappa shape index (κ2) is 6.67. The van der Waals surface area contributed by atoms with E-state index in [0.717, 1.165) is 0 Å². The maximum Gasteiger partial charge on any atom is 0.312 e. The molecule has 0 spiro atoms. The second-order valence-corrected chi connectivity index (χ2v) is 5.98. The molecule has 0 radical (unpaired) electrons. The van der Waals surface area contributed by atoms with Crippen LogP contribution in [0.3, 0.4) is 0 Å². The summed E-state index contributed by atoms with van der Waals surface area (Å²) in [5.74, 6) is 0. The highest BCUT2D eigenvalue weighted by molar-refractivity contribution is 7.89. The minimum Gasteiger partial charge on any atom is -0.383 e. The van der Waals surface area contributed by atoms with Crippen molar-refractivity contribution in [3.8, 4) is 0 Å². The van der Waals surface area contributed by atoms with Crippen LogP contribution in [0.5, 0.6) is 0 Å². The van der Waals surface area contributed by atoms with Crippen LogP contribution in [0, 0.1) is 10.1 Å². The van der Waals surface area contributed by atoms with Gasteiger partial charge in [0.25, 0.3) is 0 Å². The van der Waals surface area contributed by atoms with E-state index in [1.54, 1.807) is 0 Å². The number of nitrogens with one attached hydrogen (secondary N) is 2. The van der Waals surface area contributed by atoms with Crippen LogP contribution >= 0.6 is 0 Å². The second-order valence-electron chi connectivity index (χ2n) is 4.29. The predicted octanol–water partition coefficient (Wildman–Crippen LogP) is 2.10. The van der Waals surface area contributed by atoms with Gasteiger partial charge in [-0.2, -0.15) is 0 Å². The summed E-state index contributed by atoms with van der Waals surface area (Å²) in [5, 5.41) is 13.8. The molecule has 0 heterocycles. The Morgan fingerprint density at radius 3 is 2.35 bits per heavy atom. The number of anilines is 1. The van der Waals surface area contributed by atoms with E-state index in [2.05, 4.69) is 10.0 Å². The topological polar surface area (TPSA) is 101 Å². The van der Waals surface area contributed by atoms with Crippen molar-refractivity contribution in [2.45, 2.75) is 37.6 Å². The standard InChI is InChI=1S/C12H19N3O4S/c1-4-9(5-2)14-20(18,19)11-8-6-7-10(13-3)12(11)15(16)17/h6-9,13-14H,4-5H2,1-3H3. The van der Waals surface area contributed by atoms with Crippen molar-refractivity contribution in [2.75, 3.05) is 12.4 Å². The first kappa shape index (κ1) is 16.4. The molecule has 0 saturated heterocycles. The lowest BCUT2D eigenvalue weighted by Crippen LogP contribution is -2.34. The highest BCUT2D eigenvalue weighted by atomic mass is 32.2. The van der Waals surface area contributed by atoms with Crippen LogP contribution in [0.4, 0.5) is 11.4 Å². The molecular weight excluding hydrogens is 282 g/mol. The number of rotatable bonds is 7. The molecule has 112 valence electrons. The van der Waals surface area contributed by atoms with E-state index in [1.165, 1.54) is 25.2 Å². The molecule has 0 saturated carbocycles. The number of nitrogens with zero attached hydrogens (tertiary/aromatic N) is 1. The van der Waals surface area contributed by atoms with Gasteiger partial charge < -0.3 is 5.32 Å². The van der Waals surface area contributed by atoms with Crippen LogP contribution in [0.25, 0.3) is 0 Å². The van der Waals surface area contributed by atoms with Gasteiger partial charge in [0.15, 0.2) is 4.90 Å². The number of nitro benzene ring substituents is 1. The zero-order valence-electron chi connectivity index (χ0n) is 11.7. The zero-order valence-corrected chi connectivity index (χ0v) is 12.5. The van der Waals surface area contributed by atoms with Crippen LogP contribution in [-0.2, 0) is 10.0 Å². The largest absolute Gasteiger partial charge is 0.383 e. The molecule has 8 heteroatoms. The molecule has 1 rings (SSSR count). The Balaban J connectivity index is 3.35. The lowest BCUT2D eigenvalue weighted by Gasteiger charge is -2.15. The average Bonchev–Trinajstić information content (AvgIpc) is 2.43. The Morgan fingerprint density at radius 1 is 1.30 bits per heavy atom. The highest BCUT2D eigenvalue weighted by Gasteiger charge is 2.29. The van der Waals surface area contributed by atoms with E-state index in [1.807, 2.05) is 13.8 Å². The first-order chi connectivity index (χ1) is 9.37. The van der Waals surface area contributed by atoms with Crippen molar-refractivity contribution >= 4 is 21.4 Å². The maximum atomic E-state index is 12.3. The number of hydrogen-bond acceptors (Lipinski definition) is 5. The summed E-state index contributed by atoms with van der Waals surface area (Å²) in [6.45, 7) is 3.71. The third-order valence-corrected chi connectivity index (χ3v) is 4.60. The normalized spacial score (nSPS) is 11.6. The van der Waals surface area contributed by atoms with Crippen molar-refractivity contribution in [3.63, 3.8) is 0 Å². The molecule has 2 N–H and O–H groups in total. The fraction of sp³-hybridized carbons (Fsp3) is 0.500.